The maximum Gasteiger partial charge on any atom is 0.234 e. The van der Waals surface area contributed by atoms with Crippen LogP contribution in [0.1, 0.15) is 30.7 Å². The van der Waals surface area contributed by atoms with Crippen molar-refractivity contribution in [3.05, 3.63) is 78.2 Å². The van der Waals surface area contributed by atoms with Gasteiger partial charge in [-0.1, -0.05) is 36.4 Å². The minimum Gasteiger partial charge on any atom is -0.493 e. The second-order valence-electron chi connectivity index (χ2n) is 6.59. The zero-order valence-electron chi connectivity index (χ0n) is 15.7. The standard InChI is InChI=1S/C22H23NO4S/c1-2-26-18-11-7-6-10-17(18)22-23(20(24)15-28-22)21(16-8-4-3-5-9-16)19-14-25-12-13-27-19/h3-4,6-8,10-14,21-22H,2,5,9,15H2,1H3. The number of ether oxygens (including phenoxy) is 3. The smallest absolute Gasteiger partial charge is 0.234 e. The molecule has 4 rings (SSSR count). The van der Waals surface area contributed by atoms with Gasteiger partial charge in [0.2, 0.25) is 5.91 Å². The van der Waals surface area contributed by atoms with Crippen molar-refractivity contribution in [2.75, 3.05) is 12.4 Å². The van der Waals surface area contributed by atoms with Crippen LogP contribution in [0.2, 0.25) is 0 Å². The van der Waals surface area contributed by atoms with Crippen LogP contribution < -0.4 is 4.74 Å². The van der Waals surface area contributed by atoms with E-state index in [2.05, 4.69) is 12.2 Å². The van der Waals surface area contributed by atoms with E-state index >= 15 is 0 Å². The molecule has 2 aliphatic heterocycles. The highest BCUT2D eigenvalue weighted by Gasteiger charge is 2.42. The molecule has 2 heterocycles. The van der Waals surface area contributed by atoms with E-state index in [1.54, 1.807) is 18.0 Å². The average Bonchev–Trinajstić information content (AvgIpc) is 3.12. The second kappa shape index (κ2) is 8.61. The molecule has 2 unspecified atom stereocenters. The number of carbonyl (C=O) groups excluding carboxylic acids is 1. The highest BCUT2D eigenvalue weighted by Crippen LogP contribution is 2.46. The summed E-state index contributed by atoms with van der Waals surface area (Å²) in [6, 6.07) is 7.63. The van der Waals surface area contributed by atoms with Crippen LogP contribution in [0.25, 0.3) is 0 Å². The molecule has 6 heteroatoms. The summed E-state index contributed by atoms with van der Waals surface area (Å²) >= 11 is 1.62. The molecule has 1 saturated heterocycles. The molecule has 1 aromatic rings. The molecule has 2 atom stereocenters. The first-order valence-electron chi connectivity index (χ1n) is 9.47. The molecular formula is C22H23NO4S. The fourth-order valence-electron chi connectivity index (χ4n) is 3.68. The normalized spacial score (nSPS) is 22.2. The highest BCUT2D eigenvalue weighted by atomic mass is 32.2. The number of thioether (sulfide) groups is 1. The van der Waals surface area contributed by atoms with Gasteiger partial charge < -0.3 is 19.1 Å². The van der Waals surface area contributed by atoms with Crippen LogP contribution in [-0.2, 0) is 14.3 Å². The Morgan fingerprint density at radius 3 is 2.96 bits per heavy atom. The number of nitrogens with zero attached hydrogens (tertiary/aromatic N) is 1. The third-order valence-electron chi connectivity index (χ3n) is 4.86. The molecule has 1 aromatic carbocycles. The number of rotatable bonds is 6. The third kappa shape index (κ3) is 3.69. The first-order valence-corrected chi connectivity index (χ1v) is 10.5. The third-order valence-corrected chi connectivity index (χ3v) is 6.07. The van der Waals surface area contributed by atoms with Crippen molar-refractivity contribution in [1.29, 1.82) is 0 Å². The number of hydrogen-bond donors (Lipinski definition) is 0. The molecule has 0 saturated carbocycles. The van der Waals surface area contributed by atoms with Crippen LogP contribution in [0.15, 0.2) is 72.6 Å². The molecule has 146 valence electrons. The molecule has 0 spiro atoms. The Bertz CT molecular complexity index is 858. The molecule has 5 nitrogen and oxygen atoms in total. The lowest BCUT2D eigenvalue weighted by Crippen LogP contribution is -2.42. The summed E-state index contributed by atoms with van der Waals surface area (Å²) in [5.74, 6) is 1.95. The average molecular weight is 397 g/mol. The number of hydrogen-bond acceptors (Lipinski definition) is 5. The van der Waals surface area contributed by atoms with Crippen LogP contribution in [0.4, 0.5) is 0 Å². The molecular weight excluding hydrogens is 374 g/mol. The summed E-state index contributed by atoms with van der Waals surface area (Å²) in [6.07, 6.45) is 12.7. The quantitative estimate of drug-likeness (QED) is 0.698. The lowest BCUT2D eigenvalue weighted by molar-refractivity contribution is -0.129. The fourth-order valence-corrected chi connectivity index (χ4v) is 4.90. The van der Waals surface area contributed by atoms with Gasteiger partial charge in [-0.3, -0.25) is 4.79 Å². The fraction of sp³-hybridized carbons (Fsp3) is 0.318. The highest BCUT2D eigenvalue weighted by molar-refractivity contribution is 8.00. The van der Waals surface area contributed by atoms with Crippen molar-refractivity contribution in [1.82, 2.24) is 4.90 Å². The molecule has 3 aliphatic rings. The van der Waals surface area contributed by atoms with Gasteiger partial charge >= 0.3 is 0 Å². The van der Waals surface area contributed by atoms with Crippen LogP contribution in [0.3, 0.4) is 0 Å². The molecule has 1 fully saturated rings. The number of allylic oxidation sites excluding steroid dienone is 3. The molecule has 28 heavy (non-hydrogen) atoms. The Kier molecular flexibility index (Phi) is 5.76. The van der Waals surface area contributed by atoms with E-state index in [9.17, 15) is 4.79 Å². The van der Waals surface area contributed by atoms with Gasteiger partial charge in [-0.2, -0.15) is 0 Å². The zero-order chi connectivity index (χ0) is 19.3. The van der Waals surface area contributed by atoms with Gasteiger partial charge in [-0.25, -0.2) is 0 Å². The summed E-state index contributed by atoms with van der Waals surface area (Å²) < 4.78 is 17.0. The molecule has 0 bridgehead atoms. The molecule has 0 radical (unpaired) electrons. The topological polar surface area (TPSA) is 48.0 Å². The van der Waals surface area contributed by atoms with Gasteiger partial charge in [0.25, 0.3) is 0 Å². The van der Waals surface area contributed by atoms with Crippen molar-refractivity contribution in [2.45, 2.75) is 31.2 Å². The Hall–Kier alpha value is -2.60. The number of amides is 1. The zero-order valence-corrected chi connectivity index (χ0v) is 16.6. The van der Waals surface area contributed by atoms with Crippen molar-refractivity contribution >= 4 is 17.7 Å². The molecule has 0 N–H and O–H groups in total. The van der Waals surface area contributed by atoms with Gasteiger partial charge in [-0.15, -0.1) is 11.8 Å². The summed E-state index contributed by atoms with van der Waals surface area (Å²) in [4.78, 5) is 14.9. The van der Waals surface area contributed by atoms with E-state index in [4.69, 9.17) is 14.2 Å². The Labute approximate surface area is 169 Å². The molecule has 1 amide bonds. The van der Waals surface area contributed by atoms with Gasteiger partial charge in [-0.05, 0) is 31.4 Å². The lowest BCUT2D eigenvalue weighted by Gasteiger charge is -2.36. The first-order chi connectivity index (χ1) is 13.8. The summed E-state index contributed by atoms with van der Waals surface area (Å²) in [5, 5.41) is -0.150. The molecule has 1 aliphatic carbocycles. The van der Waals surface area contributed by atoms with E-state index in [0.717, 1.165) is 29.7 Å². The Balaban J connectivity index is 1.75. The van der Waals surface area contributed by atoms with Crippen molar-refractivity contribution in [2.24, 2.45) is 0 Å². The monoisotopic (exact) mass is 397 g/mol. The van der Waals surface area contributed by atoms with Crippen LogP contribution >= 0.6 is 11.8 Å². The van der Waals surface area contributed by atoms with Gasteiger partial charge in [0, 0.05) is 5.56 Å². The largest absolute Gasteiger partial charge is 0.493 e. The van der Waals surface area contributed by atoms with E-state index in [-0.39, 0.29) is 17.3 Å². The van der Waals surface area contributed by atoms with Gasteiger partial charge in [0.15, 0.2) is 5.76 Å². The van der Waals surface area contributed by atoms with E-state index in [1.165, 1.54) is 12.5 Å². The van der Waals surface area contributed by atoms with Gasteiger partial charge in [0.05, 0.1) is 12.4 Å². The number of carbonyl (C=O) groups is 1. The van der Waals surface area contributed by atoms with Crippen LogP contribution in [-0.4, -0.2) is 29.2 Å². The van der Waals surface area contributed by atoms with Gasteiger partial charge in [0.1, 0.15) is 36.0 Å². The summed E-state index contributed by atoms with van der Waals surface area (Å²) in [6.45, 7) is 2.54. The van der Waals surface area contributed by atoms with E-state index in [1.807, 2.05) is 42.2 Å². The van der Waals surface area contributed by atoms with Crippen molar-refractivity contribution in [3.63, 3.8) is 0 Å². The maximum absolute atomic E-state index is 13.0. The van der Waals surface area contributed by atoms with Crippen molar-refractivity contribution in [3.8, 4) is 5.75 Å². The van der Waals surface area contributed by atoms with Crippen molar-refractivity contribution < 1.29 is 19.0 Å². The first kappa shape index (κ1) is 18.7. The Morgan fingerprint density at radius 1 is 1.32 bits per heavy atom. The van der Waals surface area contributed by atoms with E-state index < -0.39 is 0 Å². The number of para-hydroxylation sites is 1. The minimum absolute atomic E-state index is 0.0841. The second-order valence-corrected chi connectivity index (χ2v) is 7.66. The SMILES string of the molecule is CCOc1ccccc1C1SCC(=O)N1C(C1=CC=CCC1)C1=COC=CO1. The van der Waals surface area contributed by atoms with E-state index in [0.29, 0.717) is 18.1 Å². The maximum atomic E-state index is 13.0. The molecule has 0 aromatic heterocycles. The van der Waals surface area contributed by atoms with Crippen LogP contribution in [0, 0.1) is 0 Å². The van der Waals surface area contributed by atoms with Crippen LogP contribution in [0.5, 0.6) is 5.75 Å². The Morgan fingerprint density at radius 2 is 2.21 bits per heavy atom. The lowest BCUT2D eigenvalue weighted by atomic mass is 9.94. The number of benzene rings is 1. The predicted octanol–water partition coefficient (Wildman–Crippen LogP) is 4.66. The minimum atomic E-state index is -0.308. The summed E-state index contributed by atoms with van der Waals surface area (Å²) in [7, 11) is 0. The predicted molar refractivity (Wildman–Crippen MR) is 109 cm³/mol. The summed E-state index contributed by atoms with van der Waals surface area (Å²) in [5.41, 5.74) is 2.15.